The molecule has 0 amide bonds. The van der Waals surface area contributed by atoms with E-state index >= 15 is 0 Å². The van der Waals surface area contributed by atoms with E-state index in [1.165, 1.54) is 0 Å². The van der Waals surface area contributed by atoms with E-state index in [0.717, 1.165) is 62.3 Å². The first kappa shape index (κ1) is 29.9. The minimum absolute atomic E-state index is 0.449. The van der Waals surface area contributed by atoms with Crippen LogP contribution in [-0.4, -0.2) is 98.8 Å². The molecule has 0 atom stereocenters. The van der Waals surface area contributed by atoms with Crippen molar-refractivity contribution in [3.8, 4) is 23.0 Å². The van der Waals surface area contributed by atoms with Gasteiger partial charge in [-0.2, -0.15) is 0 Å². The number of piperazine rings is 1. The van der Waals surface area contributed by atoms with Gasteiger partial charge in [0.15, 0.2) is 10.1 Å². The normalized spacial score (nSPS) is 13.9. The Bertz CT molecular complexity index is 887. The molecule has 0 aliphatic carbocycles. The molecule has 1 fully saturated rings. The molecule has 0 aromatic heterocycles. The number of hydrogen-bond donors (Lipinski definition) is 0. The van der Waals surface area contributed by atoms with Crippen LogP contribution in [-0.2, 0) is 9.47 Å². The average molecular weight is 563 g/mol. The highest BCUT2D eigenvalue weighted by Gasteiger charge is 2.16. The van der Waals surface area contributed by atoms with Crippen LogP contribution in [0.15, 0.2) is 48.5 Å². The molecule has 0 saturated carbocycles. The predicted octanol–water partition coefficient (Wildman–Crippen LogP) is 4.25. The first-order valence-corrected chi connectivity index (χ1v) is 13.7. The molecule has 1 aliphatic heterocycles. The summed E-state index contributed by atoms with van der Waals surface area (Å²) >= 11 is 9.75. The number of rotatable bonds is 16. The predicted molar refractivity (Wildman–Crippen MR) is 156 cm³/mol. The molecule has 8 nitrogen and oxygen atoms in total. The molecule has 2 aromatic rings. The molecule has 208 valence electrons. The third-order valence-electron chi connectivity index (χ3n) is 5.78. The molecule has 0 bridgehead atoms. The van der Waals surface area contributed by atoms with Crippen LogP contribution in [0.25, 0.3) is 0 Å². The summed E-state index contributed by atoms with van der Waals surface area (Å²) in [5.41, 5.74) is 0. The van der Waals surface area contributed by atoms with Crippen LogP contribution < -0.4 is 18.9 Å². The van der Waals surface area contributed by atoms with Gasteiger partial charge in [0.05, 0.1) is 0 Å². The number of thiocarbonyl (C=S) groups is 2. The molecule has 3 rings (SSSR count). The SMILES string of the molecule is CC(=S)OCCOc1ccc(OCCN2CCN(CCOc3ccc(OCCOC(C)=S)cc3)CC2)cc1. The van der Waals surface area contributed by atoms with Gasteiger partial charge >= 0.3 is 0 Å². The molecule has 1 aliphatic rings. The topological polar surface area (TPSA) is 61.9 Å². The molecule has 1 saturated heterocycles. The Labute approximate surface area is 236 Å². The summed E-state index contributed by atoms with van der Waals surface area (Å²) in [6, 6.07) is 15.3. The van der Waals surface area contributed by atoms with Gasteiger partial charge in [-0.25, -0.2) is 0 Å². The summed E-state index contributed by atoms with van der Waals surface area (Å²) in [7, 11) is 0. The van der Waals surface area contributed by atoms with Gasteiger partial charge < -0.3 is 28.4 Å². The Balaban J connectivity index is 1.22. The Morgan fingerprint density at radius 2 is 0.816 bits per heavy atom. The largest absolute Gasteiger partial charge is 0.492 e. The van der Waals surface area contributed by atoms with Gasteiger partial charge in [0, 0.05) is 53.1 Å². The fourth-order valence-corrected chi connectivity index (χ4v) is 3.94. The van der Waals surface area contributed by atoms with Gasteiger partial charge in [0.2, 0.25) is 0 Å². The van der Waals surface area contributed by atoms with Crippen LogP contribution in [0, 0.1) is 0 Å². The quantitative estimate of drug-likeness (QED) is 0.219. The van der Waals surface area contributed by atoms with Gasteiger partial charge in [-0.05, 0) is 73.0 Å². The summed E-state index contributed by atoms with van der Waals surface area (Å²) < 4.78 is 33.5. The molecule has 2 aromatic carbocycles. The Hall–Kier alpha value is -2.66. The molecular weight excluding hydrogens is 524 g/mol. The first-order valence-electron chi connectivity index (χ1n) is 12.9. The van der Waals surface area contributed by atoms with Crippen LogP contribution in [0.2, 0.25) is 0 Å². The van der Waals surface area contributed by atoms with E-state index in [2.05, 4.69) is 9.80 Å². The lowest BCUT2D eigenvalue weighted by molar-refractivity contribution is 0.105. The zero-order chi connectivity index (χ0) is 27.0. The van der Waals surface area contributed by atoms with E-state index in [4.69, 9.17) is 52.9 Å². The smallest absolute Gasteiger partial charge is 0.156 e. The van der Waals surface area contributed by atoms with Crippen molar-refractivity contribution in [3.63, 3.8) is 0 Å². The number of hydrogen-bond acceptors (Lipinski definition) is 10. The van der Waals surface area contributed by atoms with Crippen molar-refractivity contribution in [1.82, 2.24) is 9.80 Å². The minimum Gasteiger partial charge on any atom is -0.492 e. The van der Waals surface area contributed by atoms with E-state index < -0.39 is 0 Å². The van der Waals surface area contributed by atoms with E-state index in [-0.39, 0.29) is 0 Å². The molecule has 1 heterocycles. The fraction of sp³-hybridized carbons (Fsp3) is 0.500. The maximum absolute atomic E-state index is 5.91. The Morgan fingerprint density at radius 1 is 0.526 bits per heavy atom. The van der Waals surface area contributed by atoms with Gasteiger partial charge in [-0.15, -0.1) is 0 Å². The highest BCUT2D eigenvalue weighted by molar-refractivity contribution is 7.80. The molecule has 0 unspecified atom stereocenters. The molecular formula is C28H38N2O6S2. The van der Waals surface area contributed by atoms with Crippen LogP contribution in [0.3, 0.4) is 0 Å². The molecule has 0 N–H and O–H groups in total. The lowest BCUT2D eigenvalue weighted by Gasteiger charge is -2.34. The lowest BCUT2D eigenvalue weighted by atomic mass is 10.3. The number of nitrogens with zero attached hydrogens (tertiary/aromatic N) is 2. The molecule has 38 heavy (non-hydrogen) atoms. The second-order valence-corrected chi connectivity index (χ2v) is 9.85. The fourth-order valence-electron chi connectivity index (χ4n) is 3.78. The average Bonchev–Trinajstić information content (AvgIpc) is 2.91. The monoisotopic (exact) mass is 562 g/mol. The molecule has 10 heteroatoms. The third kappa shape index (κ3) is 12.3. The van der Waals surface area contributed by atoms with Crippen molar-refractivity contribution in [1.29, 1.82) is 0 Å². The summed E-state index contributed by atoms with van der Waals surface area (Å²) in [4.78, 5) is 4.87. The van der Waals surface area contributed by atoms with Crippen LogP contribution >= 0.6 is 24.4 Å². The van der Waals surface area contributed by atoms with E-state index in [0.29, 0.717) is 49.7 Å². The summed E-state index contributed by atoms with van der Waals surface area (Å²) in [5, 5.41) is 1.05. The number of ether oxygens (including phenoxy) is 6. The first-order chi connectivity index (χ1) is 18.5. The van der Waals surface area contributed by atoms with E-state index in [1.807, 2.05) is 48.5 Å². The van der Waals surface area contributed by atoms with Crippen molar-refractivity contribution < 1.29 is 28.4 Å². The van der Waals surface area contributed by atoms with Crippen LogP contribution in [0.4, 0.5) is 0 Å². The van der Waals surface area contributed by atoms with Crippen molar-refractivity contribution in [3.05, 3.63) is 48.5 Å². The molecule has 0 spiro atoms. The minimum atomic E-state index is 0.449. The summed E-state index contributed by atoms with van der Waals surface area (Å²) in [6.07, 6.45) is 0. The summed E-state index contributed by atoms with van der Waals surface area (Å²) in [6.45, 7) is 12.5. The maximum Gasteiger partial charge on any atom is 0.156 e. The van der Waals surface area contributed by atoms with Crippen LogP contribution in [0.1, 0.15) is 13.8 Å². The second-order valence-electron chi connectivity index (χ2n) is 8.70. The van der Waals surface area contributed by atoms with Crippen LogP contribution in [0.5, 0.6) is 23.0 Å². The summed E-state index contributed by atoms with van der Waals surface area (Å²) in [5.74, 6) is 3.25. The maximum atomic E-state index is 5.91. The number of benzene rings is 2. The van der Waals surface area contributed by atoms with Crippen molar-refractivity contribution in [2.45, 2.75) is 13.8 Å². The zero-order valence-corrected chi connectivity index (χ0v) is 23.9. The third-order valence-corrected chi connectivity index (χ3v) is 6.02. The van der Waals surface area contributed by atoms with Crippen molar-refractivity contribution in [2.75, 3.05) is 78.9 Å². The Morgan fingerprint density at radius 3 is 1.11 bits per heavy atom. The Kier molecular flexibility index (Phi) is 13.4. The highest BCUT2D eigenvalue weighted by Crippen LogP contribution is 2.19. The van der Waals surface area contributed by atoms with Gasteiger partial charge in [-0.1, -0.05) is 0 Å². The van der Waals surface area contributed by atoms with Crippen molar-refractivity contribution in [2.24, 2.45) is 0 Å². The highest BCUT2D eigenvalue weighted by atomic mass is 32.1. The molecule has 0 radical (unpaired) electrons. The standard InChI is InChI=1S/C28H38N2O6S2/c1-23(37)31-19-21-35-27-7-3-25(4-8-27)33-17-15-29-11-13-30(14-12-29)16-18-34-26-5-9-28(10-6-26)36-22-20-32-24(2)38/h3-10H,11-22H2,1-2H3. The van der Waals surface area contributed by atoms with E-state index in [1.54, 1.807) is 13.8 Å². The zero-order valence-electron chi connectivity index (χ0n) is 22.3. The van der Waals surface area contributed by atoms with Gasteiger partial charge in [0.25, 0.3) is 0 Å². The van der Waals surface area contributed by atoms with Crippen molar-refractivity contribution >= 4 is 34.5 Å². The van der Waals surface area contributed by atoms with Gasteiger partial charge in [-0.3, -0.25) is 9.80 Å². The van der Waals surface area contributed by atoms with E-state index in [9.17, 15) is 0 Å². The lowest BCUT2D eigenvalue weighted by Crippen LogP contribution is -2.48. The second kappa shape index (κ2) is 17.0. The van der Waals surface area contributed by atoms with Gasteiger partial charge in [0.1, 0.15) is 62.6 Å².